The van der Waals surface area contributed by atoms with E-state index in [4.69, 9.17) is 9.47 Å². The molecule has 13 heteroatoms. The number of ether oxygens (including phenoxy) is 2. The quantitative estimate of drug-likeness (QED) is 0.0631. The number of hydrogen-bond donors (Lipinski definition) is 3. The number of para-hydroxylation sites is 2. The van der Waals surface area contributed by atoms with E-state index in [9.17, 15) is 0 Å². The van der Waals surface area contributed by atoms with E-state index in [0.717, 1.165) is 55.0 Å². The minimum absolute atomic E-state index is 0.309. The fraction of sp³-hybridized carbons (Fsp3) is 0.227. The van der Waals surface area contributed by atoms with E-state index < -0.39 is 0 Å². The summed E-state index contributed by atoms with van der Waals surface area (Å²) in [7, 11) is 0. The van der Waals surface area contributed by atoms with Gasteiger partial charge >= 0.3 is 0 Å². The van der Waals surface area contributed by atoms with Crippen LogP contribution in [-0.2, 0) is 12.8 Å². The van der Waals surface area contributed by atoms with Gasteiger partial charge in [-0.25, -0.2) is 0 Å². The highest BCUT2D eigenvalue weighted by atomic mass is 32.2. The molecular weight excluding hydrogens is 541 g/mol. The van der Waals surface area contributed by atoms with Gasteiger partial charge in [0.1, 0.15) is 21.5 Å². The maximum atomic E-state index is 5.67. The van der Waals surface area contributed by atoms with E-state index in [2.05, 4.69) is 56.0 Å². The first kappa shape index (κ1) is 25.8. The van der Waals surface area contributed by atoms with Crippen molar-refractivity contribution in [1.82, 2.24) is 20.4 Å². The lowest BCUT2D eigenvalue weighted by Gasteiger charge is -2.07. The molecule has 0 aliphatic rings. The van der Waals surface area contributed by atoms with Crippen LogP contribution in [0.1, 0.15) is 10.0 Å². The van der Waals surface area contributed by atoms with Gasteiger partial charge in [0.15, 0.2) is 13.1 Å². The molecule has 1 N–H and O–H groups in total. The summed E-state index contributed by atoms with van der Waals surface area (Å²) in [6.07, 6.45) is 3.07. The molecule has 0 fully saturated rings. The molecule has 2 aromatic carbocycles. The monoisotopic (exact) mass is 562 g/mol. The number of nitrogens with zero attached hydrogens (tertiary/aromatic N) is 5. The van der Waals surface area contributed by atoms with E-state index >= 15 is 0 Å². The number of hydrogen-bond acceptors (Lipinski definition) is 13. The van der Waals surface area contributed by atoms with Crippen molar-refractivity contribution in [2.75, 3.05) is 23.6 Å². The largest absolute Gasteiger partial charge is 0.472 e. The standard InChI is InChI=1S/C22H22N6O2S5/c31-17-7-3-1-5-15(17)29-13-23-21-27-25-19(34-21)9-11-33-12-10-20-26-28-22(35-20)24-14-30-16-6-2-4-8-18(16)32/h1-8,13,31-32H,9-12,14H2,(H,24,28)/b23-13-. The van der Waals surface area contributed by atoms with Crippen molar-refractivity contribution < 1.29 is 9.47 Å². The average molecular weight is 563 g/mol. The first-order valence-electron chi connectivity index (χ1n) is 10.5. The minimum Gasteiger partial charge on any atom is -0.472 e. The van der Waals surface area contributed by atoms with Crippen LogP contribution in [0.2, 0.25) is 0 Å². The van der Waals surface area contributed by atoms with Gasteiger partial charge in [0.05, 0.1) is 0 Å². The van der Waals surface area contributed by atoms with Crippen LogP contribution in [0.4, 0.5) is 10.3 Å². The first-order valence-corrected chi connectivity index (χ1v) is 14.2. The Kier molecular flexibility index (Phi) is 10.1. The van der Waals surface area contributed by atoms with Crippen LogP contribution < -0.4 is 14.8 Å². The van der Waals surface area contributed by atoms with Crippen molar-refractivity contribution in [2.24, 2.45) is 4.99 Å². The van der Waals surface area contributed by atoms with E-state index in [1.807, 2.05) is 60.3 Å². The fourth-order valence-electron chi connectivity index (χ4n) is 2.68. The number of aromatic nitrogens is 4. The normalized spacial score (nSPS) is 11.1. The molecule has 0 radical (unpaired) electrons. The molecule has 35 heavy (non-hydrogen) atoms. The SMILES string of the molecule is Sc1ccccc1O/C=N\c1nnc(CCSCCc2nnc(NCOc3ccccc3S)s2)s1. The maximum Gasteiger partial charge on any atom is 0.234 e. The van der Waals surface area contributed by atoms with Crippen molar-refractivity contribution >= 4 is 76.4 Å². The molecule has 0 unspecified atom stereocenters. The third-order valence-electron chi connectivity index (χ3n) is 4.37. The Bertz CT molecular complexity index is 1250. The number of nitrogens with one attached hydrogen (secondary N) is 1. The van der Waals surface area contributed by atoms with Gasteiger partial charge in [-0.05, 0) is 35.8 Å². The molecule has 0 spiro atoms. The molecule has 182 valence electrons. The zero-order chi connectivity index (χ0) is 24.3. The Hall–Kier alpha value is -2.32. The Morgan fingerprint density at radius 1 is 0.857 bits per heavy atom. The highest BCUT2D eigenvalue weighted by Crippen LogP contribution is 2.24. The summed E-state index contributed by atoms with van der Waals surface area (Å²) < 4.78 is 11.2. The van der Waals surface area contributed by atoms with Gasteiger partial charge in [-0.3, -0.25) is 0 Å². The van der Waals surface area contributed by atoms with Crippen LogP contribution >= 0.6 is 59.7 Å². The van der Waals surface area contributed by atoms with Gasteiger partial charge < -0.3 is 14.8 Å². The van der Waals surface area contributed by atoms with Crippen LogP contribution in [0, 0.1) is 0 Å². The lowest BCUT2D eigenvalue weighted by molar-refractivity contribution is 0.339. The second-order valence-corrected chi connectivity index (χ2v) is 11.1. The van der Waals surface area contributed by atoms with Crippen LogP contribution in [-0.4, -0.2) is 45.0 Å². The Labute approximate surface area is 226 Å². The highest BCUT2D eigenvalue weighted by Gasteiger charge is 2.06. The molecule has 0 saturated heterocycles. The summed E-state index contributed by atoms with van der Waals surface area (Å²) in [6.45, 7) is 0.309. The first-order chi connectivity index (χ1) is 17.2. The molecule has 2 aromatic heterocycles. The lowest BCUT2D eigenvalue weighted by Crippen LogP contribution is -2.08. The summed E-state index contributed by atoms with van der Waals surface area (Å²) in [4.78, 5) is 5.76. The van der Waals surface area contributed by atoms with Crippen molar-refractivity contribution in [3.63, 3.8) is 0 Å². The van der Waals surface area contributed by atoms with Gasteiger partial charge in [0.2, 0.25) is 10.3 Å². The summed E-state index contributed by atoms with van der Waals surface area (Å²) in [6, 6.07) is 15.0. The molecule has 2 heterocycles. The molecule has 4 rings (SSSR count). The van der Waals surface area contributed by atoms with Crippen molar-refractivity contribution in [3.8, 4) is 11.5 Å². The van der Waals surface area contributed by atoms with Crippen LogP contribution in [0.3, 0.4) is 0 Å². The molecule has 0 aliphatic heterocycles. The average Bonchev–Trinajstić information content (AvgIpc) is 3.51. The number of thioether (sulfide) groups is 1. The summed E-state index contributed by atoms with van der Waals surface area (Å²) >= 11 is 13.6. The number of aryl methyl sites for hydroxylation is 2. The zero-order valence-corrected chi connectivity index (χ0v) is 22.6. The predicted octanol–water partition coefficient (Wildman–Crippen LogP) is 5.67. The minimum atomic E-state index is 0.309. The van der Waals surface area contributed by atoms with Crippen molar-refractivity contribution in [1.29, 1.82) is 0 Å². The number of anilines is 1. The second kappa shape index (κ2) is 13.7. The molecule has 0 amide bonds. The molecule has 4 aromatic rings. The van der Waals surface area contributed by atoms with E-state index in [1.165, 1.54) is 29.1 Å². The molecular formula is C22H22N6O2S5. The topological polar surface area (TPSA) is 94.4 Å². The summed E-state index contributed by atoms with van der Waals surface area (Å²) in [5.41, 5.74) is 0. The van der Waals surface area contributed by atoms with Gasteiger partial charge in [0, 0.05) is 22.6 Å². The predicted molar refractivity (Wildman–Crippen MR) is 150 cm³/mol. The van der Waals surface area contributed by atoms with E-state index in [-0.39, 0.29) is 0 Å². The Balaban J connectivity index is 1.10. The third-order valence-corrected chi connectivity index (χ3v) is 7.92. The van der Waals surface area contributed by atoms with Gasteiger partial charge in [-0.15, -0.1) is 45.7 Å². The van der Waals surface area contributed by atoms with E-state index in [0.29, 0.717) is 17.6 Å². The van der Waals surface area contributed by atoms with Crippen LogP contribution in [0.25, 0.3) is 0 Å². The van der Waals surface area contributed by atoms with Gasteiger partial charge in [0.25, 0.3) is 0 Å². The number of thiol groups is 2. The molecule has 0 saturated carbocycles. The summed E-state index contributed by atoms with van der Waals surface area (Å²) in [5.74, 6) is 3.28. The molecule has 8 nitrogen and oxygen atoms in total. The smallest absolute Gasteiger partial charge is 0.234 e. The summed E-state index contributed by atoms with van der Waals surface area (Å²) in [5, 5.41) is 23.1. The van der Waals surface area contributed by atoms with Crippen molar-refractivity contribution in [3.05, 3.63) is 58.5 Å². The molecule has 0 aliphatic carbocycles. The highest BCUT2D eigenvalue weighted by molar-refractivity contribution is 7.99. The van der Waals surface area contributed by atoms with Crippen LogP contribution in [0.15, 0.2) is 63.3 Å². The van der Waals surface area contributed by atoms with Crippen molar-refractivity contribution in [2.45, 2.75) is 22.6 Å². The lowest BCUT2D eigenvalue weighted by atomic mass is 10.3. The Morgan fingerprint density at radius 2 is 1.51 bits per heavy atom. The molecule has 0 atom stereocenters. The van der Waals surface area contributed by atoms with Gasteiger partial charge in [-0.2, -0.15) is 16.8 Å². The third kappa shape index (κ3) is 8.39. The fourth-order valence-corrected chi connectivity index (χ4v) is 5.66. The molecule has 0 bridgehead atoms. The number of aliphatic imine (C=N–C) groups is 1. The number of benzene rings is 2. The second-order valence-electron chi connectivity index (χ2n) is 6.84. The maximum absolute atomic E-state index is 5.67. The van der Waals surface area contributed by atoms with E-state index in [1.54, 1.807) is 0 Å². The van der Waals surface area contributed by atoms with Crippen LogP contribution in [0.5, 0.6) is 11.5 Å². The Morgan fingerprint density at radius 3 is 2.26 bits per heavy atom. The zero-order valence-electron chi connectivity index (χ0n) is 18.4. The number of rotatable bonds is 13. The van der Waals surface area contributed by atoms with Gasteiger partial charge in [-0.1, -0.05) is 46.9 Å².